The SMILES string of the molecule is CC(CBr)CN1CCCC(C(C)C)CC1. The van der Waals surface area contributed by atoms with E-state index in [0.717, 1.165) is 23.1 Å². The second kappa shape index (κ2) is 6.90. The Bertz CT molecular complexity index is 170. The number of halogens is 1. The third-order valence-electron chi connectivity index (χ3n) is 3.64. The number of rotatable bonds is 4. The molecule has 0 aromatic rings. The molecule has 0 aromatic carbocycles. The first kappa shape index (κ1) is 13.5. The van der Waals surface area contributed by atoms with E-state index in [1.165, 1.54) is 38.9 Å². The van der Waals surface area contributed by atoms with Crippen molar-refractivity contribution in [3.8, 4) is 0 Å². The normalized spacial score (nSPS) is 26.6. The van der Waals surface area contributed by atoms with Crippen molar-refractivity contribution in [2.24, 2.45) is 17.8 Å². The molecule has 1 nitrogen and oxygen atoms in total. The molecule has 0 amide bonds. The maximum Gasteiger partial charge on any atom is 0.00692 e. The van der Waals surface area contributed by atoms with Crippen LogP contribution in [-0.2, 0) is 0 Å². The van der Waals surface area contributed by atoms with Crippen LogP contribution in [0.4, 0.5) is 0 Å². The number of hydrogen-bond donors (Lipinski definition) is 0. The first-order chi connectivity index (χ1) is 7.13. The smallest absolute Gasteiger partial charge is 0.00692 e. The van der Waals surface area contributed by atoms with Gasteiger partial charge in [0.25, 0.3) is 0 Å². The molecule has 0 aliphatic carbocycles. The molecule has 15 heavy (non-hydrogen) atoms. The largest absolute Gasteiger partial charge is 0.303 e. The van der Waals surface area contributed by atoms with E-state index in [2.05, 4.69) is 41.6 Å². The Balaban J connectivity index is 2.32. The molecular formula is C13H26BrN. The van der Waals surface area contributed by atoms with Crippen molar-refractivity contribution in [3.63, 3.8) is 0 Å². The molecule has 1 fully saturated rings. The fraction of sp³-hybridized carbons (Fsp3) is 1.00. The van der Waals surface area contributed by atoms with E-state index in [9.17, 15) is 0 Å². The zero-order valence-electron chi connectivity index (χ0n) is 10.5. The van der Waals surface area contributed by atoms with Gasteiger partial charge in [0.2, 0.25) is 0 Å². The second-order valence-electron chi connectivity index (χ2n) is 5.50. The van der Waals surface area contributed by atoms with E-state index in [0.29, 0.717) is 0 Å². The minimum Gasteiger partial charge on any atom is -0.303 e. The molecule has 0 N–H and O–H groups in total. The minimum atomic E-state index is 0.792. The first-order valence-electron chi connectivity index (χ1n) is 6.41. The third kappa shape index (κ3) is 4.86. The molecule has 1 heterocycles. The average Bonchev–Trinajstić information content (AvgIpc) is 2.43. The van der Waals surface area contributed by atoms with Crippen molar-refractivity contribution in [3.05, 3.63) is 0 Å². The number of alkyl halides is 1. The summed E-state index contributed by atoms with van der Waals surface area (Å²) in [5, 5.41) is 1.14. The first-order valence-corrected chi connectivity index (χ1v) is 7.54. The fourth-order valence-electron chi connectivity index (χ4n) is 2.52. The highest BCUT2D eigenvalue weighted by Gasteiger charge is 2.19. The molecule has 1 rings (SSSR count). The lowest BCUT2D eigenvalue weighted by Crippen LogP contribution is -2.30. The molecule has 2 heteroatoms. The van der Waals surface area contributed by atoms with Gasteiger partial charge in [-0.1, -0.05) is 36.7 Å². The van der Waals surface area contributed by atoms with Crippen LogP contribution in [0.2, 0.25) is 0 Å². The maximum atomic E-state index is 3.57. The lowest BCUT2D eigenvalue weighted by Gasteiger charge is -2.23. The van der Waals surface area contributed by atoms with Gasteiger partial charge in [-0.2, -0.15) is 0 Å². The van der Waals surface area contributed by atoms with Crippen LogP contribution in [0.1, 0.15) is 40.0 Å². The van der Waals surface area contributed by atoms with Gasteiger partial charge in [-0.15, -0.1) is 0 Å². The number of nitrogens with zero attached hydrogens (tertiary/aromatic N) is 1. The summed E-state index contributed by atoms with van der Waals surface area (Å²) in [7, 11) is 0. The van der Waals surface area contributed by atoms with Crippen molar-refractivity contribution in [1.29, 1.82) is 0 Å². The summed E-state index contributed by atoms with van der Waals surface area (Å²) >= 11 is 3.57. The fourth-order valence-corrected chi connectivity index (χ4v) is 2.73. The quantitative estimate of drug-likeness (QED) is 0.706. The number of hydrogen-bond acceptors (Lipinski definition) is 1. The Hall–Kier alpha value is 0.440. The van der Waals surface area contributed by atoms with Crippen LogP contribution in [0.5, 0.6) is 0 Å². The Morgan fingerprint density at radius 2 is 1.93 bits per heavy atom. The summed E-state index contributed by atoms with van der Waals surface area (Å²) in [4.78, 5) is 2.66. The lowest BCUT2D eigenvalue weighted by molar-refractivity contribution is 0.247. The van der Waals surface area contributed by atoms with Gasteiger partial charge in [-0.3, -0.25) is 0 Å². The van der Waals surface area contributed by atoms with Crippen LogP contribution >= 0.6 is 15.9 Å². The van der Waals surface area contributed by atoms with E-state index in [4.69, 9.17) is 0 Å². The molecular weight excluding hydrogens is 250 g/mol. The van der Waals surface area contributed by atoms with Gasteiger partial charge in [0.15, 0.2) is 0 Å². The van der Waals surface area contributed by atoms with Crippen LogP contribution in [0.15, 0.2) is 0 Å². The molecule has 90 valence electrons. The summed E-state index contributed by atoms with van der Waals surface area (Å²) in [6, 6.07) is 0. The van der Waals surface area contributed by atoms with Crippen LogP contribution in [0.25, 0.3) is 0 Å². The van der Waals surface area contributed by atoms with E-state index in [-0.39, 0.29) is 0 Å². The molecule has 1 saturated heterocycles. The van der Waals surface area contributed by atoms with E-state index >= 15 is 0 Å². The lowest BCUT2D eigenvalue weighted by atomic mass is 9.89. The van der Waals surface area contributed by atoms with Crippen molar-refractivity contribution < 1.29 is 0 Å². The van der Waals surface area contributed by atoms with Gasteiger partial charge in [-0.25, -0.2) is 0 Å². The Morgan fingerprint density at radius 1 is 1.20 bits per heavy atom. The molecule has 0 aromatic heterocycles. The zero-order valence-corrected chi connectivity index (χ0v) is 12.1. The standard InChI is InChI=1S/C13H26BrN/c1-11(2)13-5-4-7-15(8-6-13)10-12(3)9-14/h11-13H,4-10H2,1-3H3. The molecule has 2 unspecified atom stereocenters. The van der Waals surface area contributed by atoms with Gasteiger partial charge in [0.1, 0.15) is 0 Å². The van der Waals surface area contributed by atoms with Crippen LogP contribution < -0.4 is 0 Å². The summed E-state index contributed by atoms with van der Waals surface area (Å²) in [5.41, 5.74) is 0. The van der Waals surface area contributed by atoms with Crippen molar-refractivity contribution in [2.45, 2.75) is 40.0 Å². The van der Waals surface area contributed by atoms with Crippen molar-refractivity contribution in [1.82, 2.24) is 4.90 Å². The molecule has 1 aliphatic heterocycles. The molecule has 0 saturated carbocycles. The molecule has 0 spiro atoms. The summed E-state index contributed by atoms with van der Waals surface area (Å²) in [6.07, 6.45) is 4.25. The zero-order chi connectivity index (χ0) is 11.3. The van der Waals surface area contributed by atoms with Gasteiger partial charge >= 0.3 is 0 Å². The van der Waals surface area contributed by atoms with Crippen molar-refractivity contribution >= 4 is 15.9 Å². The Kier molecular flexibility index (Phi) is 6.21. The Labute approximate surface area is 104 Å². The van der Waals surface area contributed by atoms with Gasteiger partial charge in [0, 0.05) is 11.9 Å². The molecule has 2 atom stereocenters. The van der Waals surface area contributed by atoms with E-state index in [1.54, 1.807) is 0 Å². The second-order valence-corrected chi connectivity index (χ2v) is 6.14. The summed E-state index contributed by atoms with van der Waals surface area (Å²) in [5.74, 6) is 2.63. The monoisotopic (exact) mass is 275 g/mol. The Morgan fingerprint density at radius 3 is 2.53 bits per heavy atom. The van der Waals surface area contributed by atoms with E-state index in [1.807, 2.05) is 0 Å². The third-order valence-corrected chi connectivity index (χ3v) is 4.75. The minimum absolute atomic E-state index is 0.792. The van der Waals surface area contributed by atoms with E-state index < -0.39 is 0 Å². The number of likely N-dealkylation sites (tertiary alicyclic amines) is 1. The predicted molar refractivity (Wildman–Crippen MR) is 71.6 cm³/mol. The molecule has 1 aliphatic rings. The topological polar surface area (TPSA) is 3.24 Å². The van der Waals surface area contributed by atoms with Gasteiger partial charge < -0.3 is 4.90 Å². The highest BCUT2D eigenvalue weighted by Crippen LogP contribution is 2.24. The highest BCUT2D eigenvalue weighted by atomic mass is 79.9. The van der Waals surface area contributed by atoms with Gasteiger partial charge in [0.05, 0.1) is 0 Å². The highest BCUT2D eigenvalue weighted by molar-refractivity contribution is 9.09. The predicted octanol–water partition coefficient (Wildman–Crippen LogP) is 3.78. The van der Waals surface area contributed by atoms with Crippen LogP contribution in [0, 0.1) is 17.8 Å². The summed E-state index contributed by atoms with van der Waals surface area (Å²) < 4.78 is 0. The van der Waals surface area contributed by atoms with Crippen molar-refractivity contribution in [2.75, 3.05) is 25.0 Å². The van der Waals surface area contributed by atoms with Gasteiger partial charge in [-0.05, 0) is 50.1 Å². The maximum absolute atomic E-state index is 3.57. The molecule has 0 radical (unpaired) electrons. The average molecular weight is 276 g/mol. The molecule has 0 bridgehead atoms. The van der Waals surface area contributed by atoms with Crippen LogP contribution in [0.3, 0.4) is 0 Å². The van der Waals surface area contributed by atoms with Crippen LogP contribution in [-0.4, -0.2) is 29.9 Å². The summed E-state index contributed by atoms with van der Waals surface area (Å²) in [6.45, 7) is 11.0.